The molecule has 1 saturated heterocycles. The summed E-state index contributed by atoms with van der Waals surface area (Å²) in [4.78, 5) is 0.176. The zero-order valence-electron chi connectivity index (χ0n) is 9.24. The second-order valence-corrected chi connectivity index (χ2v) is 5.54. The molecule has 0 aromatic heterocycles. The molecule has 5 nitrogen and oxygen atoms in total. The van der Waals surface area contributed by atoms with Crippen molar-refractivity contribution in [3.63, 3.8) is 0 Å². The van der Waals surface area contributed by atoms with Crippen LogP contribution in [0.4, 0.5) is 0 Å². The first-order valence-electron chi connectivity index (χ1n) is 5.27. The van der Waals surface area contributed by atoms with Gasteiger partial charge in [-0.3, -0.25) is 5.32 Å². The van der Waals surface area contributed by atoms with Gasteiger partial charge in [0.25, 0.3) is 0 Å². The summed E-state index contributed by atoms with van der Waals surface area (Å²) < 4.78 is 30.3. The van der Waals surface area contributed by atoms with Crippen LogP contribution in [0.3, 0.4) is 0 Å². The predicted octanol–water partition coefficient (Wildman–Crippen LogP) is -0.293. The van der Waals surface area contributed by atoms with Gasteiger partial charge in [0, 0.05) is 6.54 Å². The predicted molar refractivity (Wildman–Crippen MR) is 63.8 cm³/mol. The first-order chi connectivity index (χ1) is 8.12. The molecule has 1 aromatic rings. The van der Waals surface area contributed by atoms with Gasteiger partial charge < -0.3 is 4.74 Å². The number of nitrogens with one attached hydrogen (secondary N) is 1. The molecule has 2 rings (SSSR count). The Morgan fingerprint density at radius 3 is 2.65 bits per heavy atom. The molecule has 0 aliphatic carbocycles. The summed E-state index contributed by atoms with van der Waals surface area (Å²) in [6.07, 6.45) is -0.519. The summed E-state index contributed by atoms with van der Waals surface area (Å²) in [6.45, 7) is 1.40. The highest BCUT2D eigenvalue weighted by atomic mass is 32.2. The lowest BCUT2D eigenvalue weighted by molar-refractivity contribution is 0.0563. The Balaban J connectivity index is 2.20. The Labute approximate surface area is 102 Å². The molecule has 2 radical (unpaired) electrons. The topological polar surface area (TPSA) is 58.6 Å². The van der Waals surface area contributed by atoms with Crippen molar-refractivity contribution in [2.45, 2.75) is 11.1 Å². The van der Waals surface area contributed by atoms with Crippen molar-refractivity contribution in [1.29, 1.82) is 0 Å². The third kappa shape index (κ3) is 2.69. The average Bonchev–Trinajstić information content (AvgIpc) is 2.40. The van der Waals surface area contributed by atoms with E-state index in [2.05, 4.69) is 5.32 Å². The van der Waals surface area contributed by atoms with E-state index >= 15 is 0 Å². The van der Waals surface area contributed by atoms with E-state index in [1.54, 1.807) is 18.2 Å². The van der Waals surface area contributed by atoms with E-state index in [9.17, 15) is 8.42 Å². The Kier molecular flexibility index (Phi) is 3.83. The molecule has 90 valence electrons. The van der Waals surface area contributed by atoms with Crippen LogP contribution < -0.4 is 5.32 Å². The van der Waals surface area contributed by atoms with E-state index in [4.69, 9.17) is 12.7 Å². The smallest absolute Gasteiger partial charge is 0.233 e. The van der Waals surface area contributed by atoms with Crippen molar-refractivity contribution in [1.82, 2.24) is 9.53 Å². The molecule has 1 atom stereocenters. The summed E-state index contributed by atoms with van der Waals surface area (Å²) in [7, 11) is 1.99. The van der Waals surface area contributed by atoms with Gasteiger partial charge in [-0.25, -0.2) is 12.6 Å². The Bertz CT molecular complexity index is 460. The van der Waals surface area contributed by atoms with E-state index in [1.807, 2.05) is 0 Å². The molecule has 1 unspecified atom stereocenters. The minimum Gasteiger partial charge on any atom is -0.377 e. The second-order valence-electron chi connectivity index (χ2n) is 3.69. The van der Waals surface area contributed by atoms with Crippen molar-refractivity contribution >= 4 is 18.0 Å². The van der Waals surface area contributed by atoms with Gasteiger partial charge in [0.15, 0.2) is 0 Å². The van der Waals surface area contributed by atoms with Gasteiger partial charge >= 0.3 is 0 Å². The zero-order valence-corrected chi connectivity index (χ0v) is 10.1. The third-order valence-electron chi connectivity index (χ3n) is 2.53. The molecule has 7 heteroatoms. The number of nitrogens with zero attached hydrogens (tertiary/aromatic N) is 1. The minimum atomic E-state index is -3.67. The standard InChI is InChI=1S/C10H13BN2O3S/c11-13(10-8-16-7-6-12-10)17(14,15)9-4-2-1-3-5-9/h1-5,10,12H,6-8H2. The van der Waals surface area contributed by atoms with Crippen LogP contribution in [0, 0.1) is 0 Å². The number of ether oxygens (including phenoxy) is 1. The third-order valence-corrected chi connectivity index (χ3v) is 4.21. The molecule has 17 heavy (non-hydrogen) atoms. The van der Waals surface area contributed by atoms with Crippen LogP contribution in [0.5, 0.6) is 0 Å². The van der Waals surface area contributed by atoms with E-state index in [0.29, 0.717) is 13.2 Å². The molecule has 1 aliphatic heterocycles. The summed E-state index contributed by atoms with van der Waals surface area (Å²) in [5, 5.41) is 2.99. The zero-order chi connectivity index (χ0) is 12.3. The van der Waals surface area contributed by atoms with Crippen LogP contribution in [0.2, 0.25) is 0 Å². The van der Waals surface area contributed by atoms with E-state index in [0.717, 1.165) is 4.22 Å². The van der Waals surface area contributed by atoms with Crippen LogP contribution >= 0.6 is 0 Å². The fourth-order valence-electron chi connectivity index (χ4n) is 1.60. The highest BCUT2D eigenvalue weighted by Crippen LogP contribution is 2.15. The molecule has 0 amide bonds. The lowest BCUT2D eigenvalue weighted by atomic mass is 10.3. The highest BCUT2D eigenvalue weighted by Gasteiger charge is 2.28. The number of hydrogen-bond acceptors (Lipinski definition) is 4. The molecule has 0 spiro atoms. The summed E-state index contributed by atoms with van der Waals surface area (Å²) in [6, 6.07) is 8.09. The van der Waals surface area contributed by atoms with Crippen molar-refractivity contribution < 1.29 is 13.2 Å². The van der Waals surface area contributed by atoms with Crippen LogP contribution in [-0.4, -0.2) is 46.5 Å². The summed E-state index contributed by atoms with van der Waals surface area (Å²) >= 11 is 0. The molecule has 1 heterocycles. The molecule has 0 saturated carbocycles. The number of hydrogen-bond donors (Lipinski definition) is 1. The largest absolute Gasteiger partial charge is 0.377 e. The van der Waals surface area contributed by atoms with Gasteiger partial charge in [0.1, 0.15) is 0 Å². The second kappa shape index (κ2) is 5.18. The maximum atomic E-state index is 12.1. The van der Waals surface area contributed by atoms with Crippen LogP contribution in [0.1, 0.15) is 0 Å². The van der Waals surface area contributed by atoms with Crippen LogP contribution in [0.15, 0.2) is 35.2 Å². The molecular formula is C10H13BN2O3S. The van der Waals surface area contributed by atoms with E-state index in [-0.39, 0.29) is 11.5 Å². The van der Waals surface area contributed by atoms with Gasteiger partial charge in [-0.2, -0.15) is 0 Å². The van der Waals surface area contributed by atoms with Gasteiger partial charge in [0.05, 0.1) is 24.3 Å². The molecule has 1 aromatic carbocycles. The number of sulfonamides is 1. The normalized spacial score (nSPS) is 21.6. The molecule has 0 bridgehead atoms. The number of morpholine rings is 1. The highest BCUT2D eigenvalue weighted by molar-refractivity contribution is 7.90. The maximum Gasteiger partial charge on any atom is 0.233 e. The van der Waals surface area contributed by atoms with Crippen molar-refractivity contribution in [2.24, 2.45) is 0 Å². The van der Waals surface area contributed by atoms with Gasteiger partial charge in [-0.1, -0.05) is 18.2 Å². The van der Waals surface area contributed by atoms with E-state index < -0.39 is 16.2 Å². The van der Waals surface area contributed by atoms with Crippen molar-refractivity contribution in [3.05, 3.63) is 30.3 Å². The lowest BCUT2D eigenvalue weighted by Gasteiger charge is -2.32. The Morgan fingerprint density at radius 1 is 1.35 bits per heavy atom. The molecule has 1 fully saturated rings. The minimum absolute atomic E-state index is 0.176. The molecule has 1 N–H and O–H groups in total. The van der Waals surface area contributed by atoms with Crippen molar-refractivity contribution in [2.75, 3.05) is 19.8 Å². The quantitative estimate of drug-likeness (QED) is 0.751. The van der Waals surface area contributed by atoms with E-state index in [1.165, 1.54) is 12.1 Å². The first-order valence-corrected chi connectivity index (χ1v) is 6.72. The van der Waals surface area contributed by atoms with Crippen molar-refractivity contribution in [3.8, 4) is 0 Å². The SMILES string of the molecule is [B]N(C1COCCN1)S(=O)(=O)c1ccccc1. The van der Waals surface area contributed by atoms with Gasteiger partial charge in [-0.05, 0) is 12.1 Å². The lowest BCUT2D eigenvalue weighted by Crippen LogP contribution is -2.53. The summed E-state index contributed by atoms with van der Waals surface area (Å²) in [5.41, 5.74) is 0. The monoisotopic (exact) mass is 252 g/mol. The maximum absolute atomic E-state index is 12.1. The van der Waals surface area contributed by atoms with Gasteiger partial charge in [-0.15, -0.1) is 0 Å². The van der Waals surface area contributed by atoms with Crippen LogP contribution in [-0.2, 0) is 14.8 Å². The van der Waals surface area contributed by atoms with Crippen LogP contribution in [0.25, 0.3) is 0 Å². The first kappa shape index (κ1) is 12.6. The fraction of sp³-hybridized carbons (Fsp3) is 0.400. The fourth-order valence-corrected chi connectivity index (χ4v) is 2.81. The van der Waals surface area contributed by atoms with Gasteiger partial charge in [0.2, 0.25) is 18.0 Å². The number of rotatable bonds is 3. The molecule has 1 aliphatic rings. The Hall–Kier alpha value is -0.885. The number of benzene rings is 1. The average molecular weight is 252 g/mol. The molecular weight excluding hydrogens is 239 g/mol. The summed E-state index contributed by atoms with van der Waals surface area (Å²) in [5.74, 6) is 0. The Morgan fingerprint density at radius 2 is 2.06 bits per heavy atom.